The highest BCUT2D eigenvalue weighted by Gasteiger charge is 2.01. The maximum atomic E-state index is 11.5. The van der Waals surface area contributed by atoms with Gasteiger partial charge in [0.15, 0.2) is 0 Å². The van der Waals surface area contributed by atoms with Gasteiger partial charge in [-0.25, -0.2) is 0 Å². The zero-order valence-electron chi connectivity index (χ0n) is 10.1. The summed E-state index contributed by atoms with van der Waals surface area (Å²) in [6, 6.07) is 9.65. The first kappa shape index (κ1) is 13.7. The third-order valence-electron chi connectivity index (χ3n) is 2.27. The summed E-state index contributed by atoms with van der Waals surface area (Å²) < 4.78 is 0. The van der Waals surface area contributed by atoms with Crippen LogP contribution in [0.4, 0.5) is 0 Å². The lowest BCUT2D eigenvalue weighted by molar-refractivity contribution is -0.120. The van der Waals surface area contributed by atoms with E-state index in [4.69, 9.17) is 5.11 Å². The molecule has 1 unspecified atom stereocenters. The maximum absolute atomic E-state index is 11.5. The summed E-state index contributed by atoms with van der Waals surface area (Å²) in [6.07, 6.45) is 0.0621. The summed E-state index contributed by atoms with van der Waals surface area (Å²) in [5.74, 6) is 0.0232. The Bertz CT molecular complexity index is 325. The molecule has 0 aliphatic carbocycles. The first-order chi connectivity index (χ1) is 8.18. The van der Waals surface area contributed by atoms with Crippen molar-refractivity contribution in [3.05, 3.63) is 35.9 Å². The number of hydrogen-bond acceptors (Lipinski definition) is 3. The van der Waals surface area contributed by atoms with Gasteiger partial charge in [-0.3, -0.25) is 4.79 Å². The Morgan fingerprint density at radius 3 is 2.65 bits per heavy atom. The largest absolute Gasteiger partial charge is 0.392 e. The Kier molecular flexibility index (Phi) is 6.29. The number of amides is 1. The van der Waals surface area contributed by atoms with Crippen molar-refractivity contribution in [2.45, 2.75) is 19.4 Å². The molecule has 0 saturated carbocycles. The maximum Gasteiger partial charge on any atom is 0.224 e. The smallest absolute Gasteiger partial charge is 0.224 e. The number of aliphatic hydroxyl groups is 1. The summed E-state index contributed by atoms with van der Waals surface area (Å²) in [5.41, 5.74) is 1.02. The van der Waals surface area contributed by atoms with Crippen LogP contribution in [0.3, 0.4) is 0 Å². The summed E-state index contributed by atoms with van der Waals surface area (Å²) >= 11 is 0. The van der Waals surface area contributed by atoms with Gasteiger partial charge in [-0.1, -0.05) is 30.3 Å². The quantitative estimate of drug-likeness (QED) is 0.597. The Morgan fingerprint density at radius 1 is 1.29 bits per heavy atom. The van der Waals surface area contributed by atoms with Gasteiger partial charge in [-0.05, 0) is 12.5 Å². The molecule has 0 saturated heterocycles. The second-order valence-corrected chi connectivity index (χ2v) is 4.07. The molecule has 0 spiro atoms. The number of benzene rings is 1. The number of aliphatic hydroxyl groups excluding tert-OH is 1. The Balaban J connectivity index is 2.10. The summed E-state index contributed by atoms with van der Waals surface area (Å²) in [5, 5.41) is 14.9. The SMILES string of the molecule is CC(O)CNCCNC(=O)Cc1ccccc1. The van der Waals surface area contributed by atoms with E-state index in [1.165, 1.54) is 0 Å². The van der Waals surface area contributed by atoms with E-state index in [1.54, 1.807) is 6.92 Å². The third-order valence-corrected chi connectivity index (χ3v) is 2.27. The van der Waals surface area contributed by atoms with Crippen LogP contribution in [-0.2, 0) is 11.2 Å². The van der Waals surface area contributed by atoms with Crippen molar-refractivity contribution in [1.29, 1.82) is 0 Å². The van der Waals surface area contributed by atoms with Gasteiger partial charge < -0.3 is 15.7 Å². The van der Waals surface area contributed by atoms with Gasteiger partial charge in [-0.2, -0.15) is 0 Å². The van der Waals surface area contributed by atoms with Crippen molar-refractivity contribution >= 4 is 5.91 Å². The minimum absolute atomic E-state index is 0.0232. The fourth-order valence-corrected chi connectivity index (χ4v) is 1.45. The molecule has 0 heterocycles. The van der Waals surface area contributed by atoms with Crippen molar-refractivity contribution in [2.75, 3.05) is 19.6 Å². The monoisotopic (exact) mass is 236 g/mol. The number of rotatable bonds is 7. The zero-order chi connectivity index (χ0) is 12.5. The van der Waals surface area contributed by atoms with Crippen LogP contribution in [0.5, 0.6) is 0 Å². The number of carbonyl (C=O) groups is 1. The molecule has 0 fully saturated rings. The molecule has 0 aliphatic rings. The first-order valence-corrected chi connectivity index (χ1v) is 5.88. The van der Waals surface area contributed by atoms with Gasteiger partial charge in [0, 0.05) is 19.6 Å². The second kappa shape index (κ2) is 7.81. The summed E-state index contributed by atoms with van der Waals surface area (Å²) in [4.78, 5) is 11.5. The predicted octanol–water partition coefficient (Wildman–Crippen LogP) is 0.316. The molecule has 1 aromatic carbocycles. The molecular formula is C13H20N2O2. The van der Waals surface area contributed by atoms with Crippen molar-refractivity contribution in [2.24, 2.45) is 0 Å². The molecule has 0 aliphatic heterocycles. The van der Waals surface area contributed by atoms with Crippen LogP contribution in [0, 0.1) is 0 Å². The lowest BCUT2D eigenvalue weighted by Crippen LogP contribution is -2.35. The van der Waals surface area contributed by atoms with Gasteiger partial charge in [-0.15, -0.1) is 0 Å². The lowest BCUT2D eigenvalue weighted by Gasteiger charge is -2.08. The minimum Gasteiger partial charge on any atom is -0.392 e. The van der Waals surface area contributed by atoms with E-state index >= 15 is 0 Å². The molecule has 0 radical (unpaired) electrons. The minimum atomic E-state index is -0.352. The van der Waals surface area contributed by atoms with E-state index in [-0.39, 0.29) is 12.0 Å². The van der Waals surface area contributed by atoms with Gasteiger partial charge in [0.1, 0.15) is 0 Å². The normalized spacial score (nSPS) is 12.1. The Labute approximate surface area is 102 Å². The van der Waals surface area contributed by atoms with E-state index in [0.717, 1.165) is 5.56 Å². The number of carbonyl (C=O) groups excluding carboxylic acids is 1. The van der Waals surface area contributed by atoms with Gasteiger partial charge in [0.05, 0.1) is 12.5 Å². The highest BCUT2D eigenvalue weighted by atomic mass is 16.3. The molecule has 4 nitrogen and oxygen atoms in total. The molecule has 1 aromatic rings. The molecule has 4 heteroatoms. The van der Waals surface area contributed by atoms with Crippen LogP contribution in [0.15, 0.2) is 30.3 Å². The molecular weight excluding hydrogens is 216 g/mol. The molecule has 0 aromatic heterocycles. The standard InChI is InChI=1S/C13H20N2O2/c1-11(16)10-14-7-8-15-13(17)9-12-5-3-2-4-6-12/h2-6,11,14,16H,7-10H2,1H3,(H,15,17). The highest BCUT2D eigenvalue weighted by Crippen LogP contribution is 1.98. The van der Waals surface area contributed by atoms with Crippen molar-refractivity contribution < 1.29 is 9.90 Å². The van der Waals surface area contributed by atoms with Crippen molar-refractivity contribution in [3.63, 3.8) is 0 Å². The van der Waals surface area contributed by atoms with Crippen LogP contribution < -0.4 is 10.6 Å². The third kappa shape index (κ3) is 6.71. The lowest BCUT2D eigenvalue weighted by atomic mass is 10.1. The molecule has 17 heavy (non-hydrogen) atoms. The topological polar surface area (TPSA) is 61.4 Å². The van der Waals surface area contributed by atoms with E-state index in [0.29, 0.717) is 26.1 Å². The molecule has 1 rings (SSSR count). The van der Waals surface area contributed by atoms with E-state index in [1.807, 2.05) is 30.3 Å². The van der Waals surface area contributed by atoms with E-state index < -0.39 is 0 Å². The molecule has 3 N–H and O–H groups in total. The fraction of sp³-hybridized carbons (Fsp3) is 0.462. The second-order valence-electron chi connectivity index (χ2n) is 4.07. The van der Waals surface area contributed by atoms with E-state index in [9.17, 15) is 4.79 Å². The van der Waals surface area contributed by atoms with Crippen LogP contribution in [0.25, 0.3) is 0 Å². The summed E-state index contributed by atoms with van der Waals surface area (Å²) in [6.45, 7) is 3.53. The summed E-state index contributed by atoms with van der Waals surface area (Å²) in [7, 11) is 0. The Hall–Kier alpha value is -1.39. The highest BCUT2D eigenvalue weighted by molar-refractivity contribution is 5.78. The molecule has 1 amide bonds. The first-order valence-electron chi connectivity index (χ1n) is 5.88. The van der Waals surface area contributed by atoms with Crippen molar-refractivity contribution in [3.8, 4) is 0 Å². The van der Waals surface area contributed by atoms with Crippen LogP contribution in [0.2, 0.25) is 0 Å². The van der Waals surface area contributed by atoms with Gasteiger partial charge in [0.25, 0.3) is 0 Å². The van der Waals surface area contributed by atoms with Crippen LogP contribution >= 0.6 is 0 Å². The average molecular weight is 236 g/mol. The van der Waals surface area contributed by atoms with E-state index in [2.05, 4.69) is 10.6 Å². The van der Waals surface area contributed by atoms with Gasteiger partial charge >= 0.3 is 0 Å². The van der Waals surface area contributed by atoms with Crippen LogP contribution in [0.1, 0.15) is 12.5 Å². The molecule has 94 valence electrons. The predicted molar refractivity (Wildman–Crippen MR) is 67.7 cm³/mol. The van der Waals surface area contributed by atoms with Gasteiger partial charge in [0.2, 0.25) is 5.91 Å². The molecule has 0 bridgehead atoms. The molecule has 1 atom stereocenters. The number of hydrogen-bond donors (Lipinski definition) is 3. The fourth-order valence-electron chi connectivity index (χ4n) is 1.45. The van der Waals surface area contributed by atoms with Crippen molar-refractivity contribution in [1.82, 2.24) is 10.6 Å². The zero-order valence-corrected chi connectivity index (χ0v) is 10.1. The number of nitrogens with one attached hydrogen (secondary N) is 2. The average Bonchev–Trinajstić information content (AvgIpc) is 2.29. The van der Waals surface area contributed by atoms with Crippen LogP contribution in [-0.4, -0.2) is 36.8 Å². The Morgan fingerprint density at radius 2 is 2.00 bits per heavy atom.